The zero-order valence-electron chi connectivity index (χ0n) is 12.3. The lowest BCUT2D eigenvalue weighted by Crippen LogP contribution is -2.23. The highest BCUT2D eigenvalue weighted by molar-refractivity contribution is 5.92. The van der Waals surface area contributed by atoms with Crippen LogP contribution in [0.3, 0.4) is 0 Å². The molecule has 1 saturated carbocycles. The first-order valence-corrected chi connectivity index (χ1v) is 6.53. The van der Waals surface area contributed by atoms with Crippen LogP contribution in [0.5, 0.6) is 5.75 Å². The van der Waals surface area contributed by atoms with Crippen LogP contribution in [0, 0.1) is 10.8 Å². The van der Waals surface area contributed by atoms with Crippen LogP contribution in [0.15, 0.2) is 29.3 Å². The van der Waals surface area contributed by atoms with Gasteiger partial charge >= 0.3 is 0 Å². The van der Waals surface area contributed by atoms with Crippen molar-refractivity contribution >= 4 is 11.6 Å². The average molecular weight is 261 g/mol. The molecule has 19 heavy (non-hydrogen) atoms. The number of hydrogen-bond donors (Lipinski definition) is 2. The molecule has 0 saturated heterocycles. The van der Waals surface area contributed by atoms with Crippen molar-refractivity contribution in [3.63, 3.8) is 0 Å². The van der Waals surface area contributed by atoms with Crippen LogP contribution in [-0.4, -0.2) is 19.1 Å². The summed E-state index contributed by atoms with van der Waals surface area (Å²) < 4.78 is 5.11. The highest BCUT2D eigenvalue weighted by Crippen LogP contribution is 2.64. The number of nitrogens with two attached hydrogens (primary N) is 1. The Morgan fingerprint density at radius 1 is 1.16 bits per heavy atom. The Bertz CT molecular complexity index is 475. The maximum atomic E-state index is 5.97. The number of nitrogens with one attached hydrogen (secondary N) is 1. The summed E-state index contributed by atoms with van der Waals surface area (Å²) in [5.41, 5.74) is 7.30. The lowest BCUT2D eigenvalue weighted by molar-refractivity contribution is 0.415. The molecule has 0 unspecified atom stereocenters. The Hall–Kier alpha value is -1.71. The molecular formula is C15H23N3O. The maximum Gasteiger partial charge on any atom is 0.193 e. The molecule has 1 aliphatic carbocycles. The number of nitrogens with zero attached hydrogens (tertiary/aromatic N) is 1. The predicted molar refractivity (Wildman–Crippen MR) is 79.6 cm³/mol. The second-order valence-electron chi connectivity index (χ2n) is 6.21. The zero-order valence-corrected chi connectivity index (χ0v) is 12.3. The van der Waals surface area contributed by atoms with Gasteiger partial charge in [-0.05, 0) is 35.1 Å². The Labute approximate surface area is 115 Å². The number of aliphatic imine (C=N–C) groups is 1. The minimum absolute atomic E-state index is 0.208. The van der Waals surface area contributed by atoms with E-state index in [2.05, 4.69) is 38.0 Å². The molecule has 0 aliphatic heterocycles. The van der Waals surface area contributed by atoms with E-state index in [9.17, 15) is 0 Å². The van der Waals surface area contributed by atoms with Crippen molar-refractivity contribution in [3.05, 3.63) is 24.3 Å². The van der Waals surface area contributed by atoms with Crippen LogP contribution in [0.4, 0.5) is 5.69 Å². The molecule has 0 amide bonds. The van der Waals surface area contributed by atoms with Gasteiger partial charge in [-0.25, -0.2) is 4.99 Å². The van der Waals surface area contributed by atoms with E-state index in [1.54, 1.807) is 7.11 Å². The SMILES string of the molecule is COc1ccc(NC(N)=NC2C(C)(C)C2(C)C)cc1. The highest BCUT2D eigenvalue weighted by Gasteiger charge is 2.65. The average Bonchev–Trinajstić information content (AvgIpc) is 2.73. The number of methoxy groups -OCH3 is 1. The fourth-order valence-electron chi connectivity index (χ4n) is 2.48. The summed E-state index contributed by atoms with van der Waals surface area (Å²) in [5.74, 6) is 1.29. The summed E-state index contributed by atoms with van der Waals surface area (Å²) in [4.78, 5) is 4.58. The lowest BCUT2D eigenvalue weighted by atomic mass is 10.0. The van der Waals surface area contributed by atoms with Crippen LogP contribution >= 0.6 is 0 Å². The first-order chi connectivity index (χ1) is 8.79. The van der Waals surface area contributed by atoms with E-state index in [-0.39, 0.29) is 16.9 Å². The van der Waals surface area contributed by atoms with Gasteiger partial charge < -0.3 is 15.8 Å². The van der Waals surface area contributed by atoms with Gasteiger partial charge in [0.2, 0.25) is 0 Å². The van der Waals surface area contributed by atoms with E-state index in [1.807, 2.05) is 24.3 Å². The Morgan fingerprint density at radius 3 is 2.11 bits per heavy atom. The molecule has 2 rings (SSSR count). The summed E-state index contributed by atoms with van der Waals surface area (Å²) in [6, 6.07) is 7.89. The first kappa shape index (κ1) is 13.7. The van der Waals surface area contributed by atoms with Crippen molar-refractivity contribution in [3.8, 4) is 5.75 Å². The third kappa shape index (κ3) is 2.39. The van der Waals surface area contributed by atoms with Crippen LogP contribution in [0.25, 0.3) is 0 Å². The molecule has 1 aromatic rings. The van der Waals surface area contributed by atoms with E-state index < -0.39 is 0 Å². The molecule has 104 valence electrons. The number of ether oxygens (including phenoxy) is 1. The third-order valence-corrected chi connectivity index (χ3v) is 4.58. The molecule has 0 heterocycles. The molecule has 1 fully saturated rings. The van der Waals surface area contributed by atoms with Crippen molar-refractivity contribution in [1.82, 2.24) is 0 Å². The molecule has 3 N–H and O–H groups in total. The minimum atomic E-state index is 0.208. The smallest absolute Gasteiger partial charge is 0.193 e. The zero-order chi connectivity index (χ0) is 14.3. The molecule has 0 atom stereocenters. The Kier molecular flexibility index (Phi) is 3.20. The van der Waals surface area contributed by atoms with Gasteiger partial charge in [0.15, 0.2) is 5.96 Å². The summed E-state index contributed by atoms with van der Waals surface area (Å²) in [6.45, 7) is 8.90. The Balaban J connectivity index is 2.03. The number of guanidine groups is 1. The minimum Gasteiger partial charge on any atom is -0.497 e. The Morgan fingerprint density at radius 2 is 1.68 bits per heavy atom. The number of hydrogen-bond acceptors (Lipinski definition) is 2. The summed E-state index contributed by atoms with van der Waals surface area (Å²) >= 11 is 0. The van der Waals surface area contributed by atoms with Crippen molar-refractivity contribution in [2.24, 2.45) is 21.6 Å². The largest absolute Gasteiger partial charge is 0.497 e. The van der Waals surface area contributed by atoms with E-state index in [4.69, 9.17) is 10.5 Å². The number of anilines is 1. The van der Waals surface area contributed by atoms with E-state index >= 15 is 0 Å². The van der Waals surface area contributed by atoms with Crippen LogP contribution in [0.2, 0.25) is 0 Å². The molecular weight excluding hydrogens is 238 g/mol. The van der Waals surface area contributed by atoms with Crippen molar-refractivity contribution in [2.75, 3.05) is 12.4 Å². The summed E-state index contributed by atoms with van der Waals surface area (Å²) in [6.07, 6.45) is 0. The van der Waals surface area contributed by atoms with Gasteiger partial charge in [-0.2, -0.15) is 0 Å². The normalized spacial score (nSPS) is 21.0. The van der Waals surface area contributed by atoms with Crippen molar-refractivity contribution < 1.29 is 4.74 Å². The van der Waals surface area contributed by atoms with E-state index in [0.29, 0.717) is 5.96 Å². The molecule has 4 heteroatoms. The molecule has 0 aromatic heterocycles. The van der Waals surface area contributed by atoms with E-state index in [1.165, 1.54) is 0 Å². The predicted octanol–water partition coefficient (Wildman–Crippen LogP) is 2.86. The second kappa shape index (κ2) is 4.44. The van der Waals surface area contributed by atoms with Crippen LogP contribution in [0.1, 0.15) is 27.7 Å². The monoisotopic (exact) mass is 261 g/mol. The first-order valence-electron chi connectivity index (χ1n) is 6.53. The topological polar surface area (TPSA) is 59.6 Å². The van der Waals surface area contributed by atoms with E-state index in [0.717, 1.165) is 11.4 Å². The fourth-order valence-corrected chi connectivity index (χ4v) is 2.48. The molecule has 0 radical (unpaired) electrons. The molecule has 1 aliphatic rings. The van der Waals surface area contributed by atoms with Crippen LogP contribution < -0.4 is 15.8 Å². The molecule has 0 spiro atoms. The van der Waals surface area contributed by atoms with Crippen molar-refractivity contribution in [1.29, 1.82) is 0 Å². The molecule has 0 bridgehead atoms. The molecule has 1 aromatic carbocycles. The standard InChI is InChI=1S/C15H23N3O/c1-14(2)12(15(14,3)4)18-13(16)17-10-6-8-11(19-5)9-7-10/h6-9,12H,1-5H3,(H3,16,17,18). The maximum absolute atomic E-state index is 5.97. The fraction of sp³-hybridized carbons (Fsp3) is 0.533. The van der Waals surface area contributed by atoms with Gasteiger partial charge in [0.25, 0.3) is 0 Å². The second-order valence-corrected chi connectivity index (χ2v) is 6.21. The number of rotatable bonds is 3. The number of benzene rings is 1. The van der Waals surface area contributed by atoms with Gasteiger partial charge in [0, 0.05) is 5.69 Å². The van der Waals surface area contributed by atoms with Crippen LogP contribution in [-0.2, 0) is 0 Å². The highest BCUT2D eigenvalue weighted by atomic mass is 16.5. The van der Waals surface area contributed by atoms with Crippen molar-refractivity contribution in [2.45, 2.75) is 33.7 Å². The third-order valence-electron chi connectivity index (χ3n) is 4.58. The quantitative estimate of drug-likeness (QED) is 0.649. The van der Waals surface area contributed by atoms with Gasteiger partial charge in [-0.3, -0.25) is 0 Å². The van der Waals surface area contributed by atoms with Gasteiger partial charge in [0.1, 0.15) is 5.75 Å². The van der Waals surface area contributed by atoms with Gasteiger partial charge in [0.05, 0.1) is 13.2 Å². The summed E-state index contributed by atoms with van der Waals surface area (Å²) in [5, 5.41) is 3.11. The van der Waals surface area contributed by atoms with Gasteiger partial charge in [-0.15, -0.1) is 0 Å². The summed E-state index contributed by atoms with van der Waals surface area (Å²) in [7, 11) is 1.65. The molecule has 4 nitrogen and oxygen atoms in total. The van der Waals surface area contributed by atoms with Gasteiger partial charge in [-0.1, -0.05) is 27.7 Å². The lowest BCUT2D eigenvalue weighted by Gasteiger charge is -2.07.